The number of aromatic nitrogens is 3. The summed E-state index contributed by atoms with van der Waals surface area (Å²) in [6.45, 7) is 0. The Morgan fingerprint density at radius 3 is 1.75 bits per heavy atom. The molecular formula is C47H29N3O. The lowest BCUT2D eigenvalue weighted by Gasteiger charge is -2.14. The largest absolute Gasteiger partial charge is 0.455 e. The van der Waals surface area contributed by atoms with Gasteiger partial charge in [0.05, 0.1) is 5.56 Å². The predicted molar refractivity (Wildman–Crippen MR) is 209 cm³/mol. The Kier molecular flexibility index (Phi) is 6.78. The molecule has 0 saturated carbocycles. The minimum atomic E-state index is 0.559. The summed E-state index contributed by atoms with van der Waals surface area (Å²) in [5, 5.41) is 6.99. The highest BCUT2D eigenvalue weighted by atomic mass is 16.3. The molecule has 4 heteroatoms. The van der Waals surface area contributed by atoms with Gasteiger partial charge < -0.3 is 4.42 Å². The number of hydrogen-bond acceptors (Lipinski definition) is 4. The molecule has 2 heterocycles. The van der Waals surface area contributed by atoms with E-state index in [-0.39, 0.29) is 0 Å². The third-order valence-corrected chi connectivity index (χ3v) is 9.73. The van der Waals surface area contributed by atoms with E-state index in [1.165, 1.54) is 27.1 Å². The molecule has 0 aliphatic rings. The molecule has 10 aromatic rings. The van der Waals surface area contributed by atoms with E-state index in [0.29, 0.717) is 17.5 Å². The molecule has 0 aliphatic heterocycles. The third-order valence-electron chi connectivity index (χ3n) is 9.73. The molecule has 51 heavy (non-hydrogen) atoms. The van der Waals surface area contributed by atoms with Gasteiger partial charge in [0.25, 0.3) is 0 Å². The van der Waals surface area contributed by atoms with Crippen molar-refractivity contribution in [2.75, 3.05) is 0 Å². The van der Waals surface area contributed by atoms with E-state index in [0.717, 1.165) is 55.3 Å². The number of benzene rings is 8. The molecule has 238 valence electrons. The van der Waals surface area contributed by atoms with Crippen LogP contribution in [0.5, 0.6) is 0 Å². The molecule has 0 radical (unpaired) electrons. The van der Waals surface area contributed by atoms with Crippen LogP contribution in [-0.4, -0.2) is 15.0 Å². The Bertz CT molecular complexity index is 2930. The van der Waals surface area contributed by atoms with Crippen molar-refractivity contribution in [1.82, 2.24) is 15.0 Å². The van der Waals surface area contributed by atoms with Gasteiger partial charge in [-0.3, -0.25) is 0 Å². The van der Waals surface area contributed by atoms with Gasteiger partial charge in [-0.1, -0.05) is 152 Å². The summed E-state index contributed by atoms with van der Waals surface area (Å²) in [5.74, 6) is 1.76. The normalized spacial score (nSPS) is 11.5. The first kappa shape index (κ1) is 29.0. The fourth-order valence-electron chi connectivity index (χ4n) is 7.34. The summed E-state index contributed by atoms with van der Waals surface area (Å²) in [7, 11) is 0. The van der Waals surface area contributed by atoms with Crippen LogP contribution in [0.1, 0.15) is 0 Å². The van der Waals surface area contributed by atoms with E-state index in [1.54, 1.807) is 0 Å². The van der Waals surface area contributed by atoms with Crippen LogP contribution in [0.4, 0.5) is 0 Å². The second-order valence-corrected chi connectivity index (χ2v) is 12.8. The van der Waals surface area contributed by atoms with Crippen LogP contribution >= 0.6 is 0 Å². The first-order valence-electron chi connectivity index (χ1n) is 17.1. The molecule has 10 rings (SSSR count). The Morgan fingerprint density at radius 2 is 0.882 bits per heavy atom. The van der Waals surface area contributed by atoms with Crippen molar-refractivity contribution in [3.05, 3.63) is 176 Å². The second-order valence-electron chi connectivity index (χ2n) is 12.8. The average molecular weight is 652 g/mol. The van der Waals surface area contributed by atoms with Crippen molar-refractivity contribution in [2.24, 2.45) is 0 Å². The molecule has 0 atom stereocenters. The highest BCUT2D eigenvalue weighted by molar-refractivity contribution is 6.14. The Hall–Kier alpha value is -6.91. The van der Waals surface area contributed by atoms with Gasteiger partial charge in [-0.15, -0.1) is 0 Å². The highest BCUT2D eigenvalue weighted by Gasteiger charge is 2.19. The topological polar surface area (TPSA) is 51.8 Å². The maximum absolute atomic E-state index is 6.47. The van der Waals surface area contributed by atoms with Gasteiger partial charge in [-0.2, -0.15) is 0 Å². The second kappa shape index (κ2) is 11.9. The number of nitrogens with zero attached hydrogens (tertiary/aromatic N) is 3. The molecule has 0 spiro atoms. The van der Waals surface area contributed by atoms with Crippen molar-refractivity contribution >= 4 is 43.5 Å². The zero-order valence-corrected chi connectivity index (χ0v) is 27.5. The van der Waals surface area contributed by atoms with Gasteiger partial charge in [0.1, 0.15) is 11.2 Å². The molecule has 0 fully saturated rings. The summed E-state index contributed by atoms with van der Waals surface area (Å²) < 4.78 is 6.47. The lowest BCUT2D eigenvalue weighted by molar-refractivity contribution is 0.669. The van der Waals surface area contributed by atoms with Crippen LogP contribution in [0.25, 0.3) is 99.9 Å². The monoisotopic (exact) mass is 651 g/mol. The smallest absolute Gasteiger partial charge is 0.167 e. The Balaban J connectivity index is 1.21. The first-order valence-corrected chi connectivity index (χ1v) is 17.1. The van der Waals surface area contributed by atoms with Crippen LogP contribution in [0, 0.1) is 0 Å². The number of hydrogen-bond donors (Lipinski definition) is 0. The summed E-state index contributed by atoms with van der Waals surface area (Å²) in [6.07, 6.45) is 0. The fourth-order valence-corrected chi connectivity index (χ4v) is 7.34. The molecule has 0 bridgehead atoms. The first-order chi connectivity index (χ1) is 25.3. The van der Waals surface area contributed by atoms with Crippen LogP contribution in [-0.2, 0) is 0 Å². The van der Waals surface area contributed by atoms with Gasteiger partial charge in [0.15, 0.2) is 17.5 Å². The Labute approximate surface area is 294 Å². The number of rotatable bonds is 5. The van der Waals surface area contributed by atoms with Gasteiger partial charge in [-0.05, 0) is 68.1 Å². The molecule has 0 unspecified atom stereocenters. The van der Waals surface area contributed by atoms with E-state index in [1.807, 2.05) is 42.5 Å². The average Bonchev–Trinajstić information content (AvgIpc) is 3.60. The van der Waals surface area contributed by atoms with Gasteiger partial charge in [0.2, 0.25) is 0 Å². The molecule has 0 amide bonds. The van der Waals surface area contributed by atoms with Crippen molar-refractivity contribution in [3.63, 3.8) is 0 Å². The lowest BCUT2D eigenvalue weighted by atomic mass is 9.92. The molecule has 0 N–H and O–H groups in total. The van der Waals surface area contributed by atoms with Crippen LogP contribution in [0.3, 0.4) is 0 Å². The van der Waals surface area contributed by atoms with Crippen LogP contribution in [0.2, 0.25) is 0 Å². The molecule has 8 aromatic carbocycles. The van der Waals surface area contributed by atoms with Crippen LogP contribution < -0.4 is 0 Å². The minimum absolute atomic E-state index is 0.559. The van der Waals surface area contributed by atoms with E-state index < -0.39 is 0 Å². The van der Waals surface area contributed by atoms with Gasteiger partial charge >= 0.3 is 0 Å². The number of fused-ring (bicyclic) bond motifs is 6. The molecule has 0 aliphatic carbocycles. The van der Waals surface area contributed by atoms with E-state index >= 15 is 0 Å². The van der Waals surface area contributed by atoms with Gasteiger partial charge in [0, 0.05) is 21.9 Å². The molecule has 4 nitrogen and oxygen atoms in total. The third kappa shape index (κ3) is 4.96. The molecular weight excluding hydrogens is 623 g/mol. The lowest BCUT2D eigenvalue weighted by Crippen LogP contribution is -2.01. The SMILES string of the molecule is c1ccc(-c2ccccc2-c2nc(-c3cccc(-c4cc5ccccc5c5ccccc45)c3)nc(-c3cccc4c3oc3ccccc34)n2)cc1. The quantitative estimate of drug-likeness (QED) is 0.174. The predicted octanol–water partition coefficient (Wildman–Crippen LogP) is 12.4. The van der Waals surface area contributed by atoms with E-state index in [9.17, 15) is 0 Å². The molecule has 2 aromatic heterocycles. The minimum Gasteiger partial charge on any atom is -0.455 e. The van der Waals surface area contributed by atoms with Crippen molar-refractivity contribution in [3.8, 4) is 56.4 Å². The van der Waals surface area contributed by atoms with Crippen LogP contribution in [0.15, 0.2) is 180 Å². The van der Waals surface area contributed by atoms with Crippen molar-refractivity contribution < 1.29 is 4.42 Å². The Morgan fingerprint density at radius 1 is 0.314 bits per heavy atom. The highest BCUT2D eigenvalue weighted by Crippen LogP contribution is 2.39. The zero-order chi connectivity index (χ0) is 33.7. The summed E-state index contributed by atoms with van der Waals surface area (Å²) in [6, 6.07) is 61.0. The zero-order valence-electron chi connectivity index (χ0n) is 27.5. The maximum Gasteiger partial charge on any atom is 0.167 e. The summed E-state index contributed by atoms with van der Waals surface area (Å²) in [5.41, 5.74) is 8.67. The van der Waals surface area contributed by atoms with Gasteiger partial charge in [-0.25, -0.2) is 15.0 Å². The summed E-state index contributed by atoms with van der Waals surface area (Å²) in [4.78, 5) is 15.6. The van der Waals surface area contributed by atoms with E-state index in [4.69, 9.17) is 19.4 Å². The number of furan rings is 1. The van der Waals surface area contributed by atoms with Crippen molar-refractivity contribution in [1.29, 1.82) is 0 Å². The summed E-state index contributed by atoms with van der Waals surface area (Å²) >= 11 is 0. The van der Waals surface area contributed by atoms with Crippen molar-refractivity contribution in [2.45, 2.75) is 0 Å². The fraction of sp³-hybridized carbons (Fsp3) is 0. The van der Waals surface area contributed by atoms with E-state index in [2.05, 4.69) is 133 Å². The molecule has 0 saturated heterocycles. The number of para-hydroxylation sites is 2. The standard InChI is InChI=1S/C47H29N3O/c1-2-14-30(15-3-1)34-19-6-9-24-40(34)46-48-45(49-47(50-46)41-26-13-25-39-38-23-10-11-27-43(38)51-44(39)41)33-18-12-17-31(28-33)42-29-32-16-4-5-20-35(32)36-21-7-8-22-37(36)42/h1-29H. The maximum atomic E-state index is 6.47.